The third-order valence-electron chi connectivity index (χ3n) is 8.93. The summed E-state index contributed by atoms with van der Waals surface area (Å²) < 4.78 is 11.1. The number of aliphatic hydroxyl groups excluding tert-OH is 1. The van der Waals surface area contributed by atoms with Gasteiger partial charge in [-0.3, -0.25) is 4.79 Å². The number of hydrogen-bond donors (Lipinski definition) is 1. The summed E-state index contributed by atoms with van der Waals surface area (Å²) in [4.78, 5) is 12.1. The molecule has 0 aliphatic rings. The zero-order chi connectivity index (χ0) is 31.3. The molecule has 0 aliphatic heterocycles. The van der Waals surface area contributed by atoms with Crippen molar-refractivity contribution in [1.29, 1.82) is 0 Å². The summed E-state index contributed by atoms with van der Waals surface area (Å²) in [5.74, 6) is -0.195. The van der Waals surface area contributed by atoms with Gasteiger partial charge in [-0.05, 0) is 12.8 Å². The quantitative estimate of drug-likeness (QED) is 0.0561. The molecule has 1 unspecified atom stereocenters. The van der Waals surface area contributed by atoms with Crippen LogP contribution in [0.2, 0.25) is 0 Å². The van der Waals surface area contributed by atoms with E-state index >= 15 is 0 Å². The average Bonchev–Trinajstić information content (AvgIpc) is 3.01. The highest BCUT2D eigenvalue weighted by Crippen LogP contribution is 2.15. The van der Waals surface area contributed by atoms with Crippen molar-refractivity contribution in [3.8, 4) is 0 Å². The third-order valence-corrected chi connectivity index (χ3v) is 8.93. The van der Waals surface area contributed by atoms with Crippen molar-refractivity contribution in [3.63, 3.8) is 0 Å². The molecule has 0 heterocycles. The van der Waals surface area contributed by atoms with Crippen LogP contribution < -0.4 is 0 Å². The predicted molar refractivity (Wildman–Crippen MR) is 187 cm³/mol. The summed E-state index contributed by atoms with van der Waals surface area (Å²) in [5, 5.41) is 9.56. The van der Waals surface area contributed by atoms with Gasteiger partial charge in [0.15, 0.2) is 0 Å². The first kappa shape index (κ1) is 42.4. The zero-order valence-corrected chi connectivity index (χ0v) is 29.5. The van der Waals surface area contributed by atoms with Crippen LogP contribution >= 0.6 is 0 Å². The van der Waals surface area contributed by atoms with E-state index in [9.17, 15) is 9.90 Å². The molecule has 258 valence electrons. The molecule has 0 aromatic carbocycles. The lowest BCUT2D eigenvalue weighted by Crippen LogP contribution is -2.27. The first-order chi connectivity index (χ1) is 21.2. The van der Waals surface area contributed by atoms with E-state index in [1.54, 1.807) is 0 Å². The van der Waals surface area contributed by atoms with Gasteiger partial charge in [0.2, 0.25) is 0 Å². The molecule has 4 nitrogen and oxygen atoms in total. The van der Waals surface area contributed by atoms with Gasteiger partial charge in [-0.2, -0.15) is 0 Å². The number of carbonyl (C=O) groups excluding carboxylic acids is 1. The number of esters is 1. The number of hydrogen-bond acceptors (Lipinski definition) is 4. The summed E-state index contributed by atoms with van der Waals surface area (Å²) in [7, 11) is 0. The molecule has 0 rings (SSSR count). The fraction of sp³-hybridized carbons (Fsp3) is 0.974. The Hall–Kier alpha value is -0.610. The Morgan fingerprint density at radius 2 is 0.767 bits per heavy atom. The van der Waals surface area contributed by atoms with E-state index < -0.39 is 6.10 Å². The van der Waals surface area contributed by atoms with Crippen molar-refractivity contribution in [2.45, 2.75) is 225 Å². The van der Waals surface area contributed by atoms with Crippen molar-refractivity contribution in [2.75, 3.05) is 19.8 Å². The molecule has 0 fully saturated rings. The minimum atomic E-state index is -0.523. The highest BCUT2D eigenvalue weighted by atomic mass is 16.6. The van der Waals surface area contributed by atoms with Gasteiger partial charge in [-0.15, -0.1) is 0 Å². The van der Waals surface area contributed by atoms with Gasteiger partial charge in [0.1, 0.15) is 6.10 Å². The Bertz CT molecular complexity index is 523. The first-order valence-corrected chi connectivity index (χ1v) is 19.6. The Labute approximate surface area is 270 Å². The second-order valence-corrected chi connectivity index (χ2v) is 13.4. The van der Waals surface area contributed by atoms with E-state index in [1.165, 1.54) is 180 Å². The lowest BCUT2D eigenvalue weighted by atomic mass is 10.0. The van der Waals surface area contributed by atoms with Gasteiger partial charge < -0.3 is 14.6 Å². The highest BCUT2D eigenvalue weighted by Gasteiger charge is 2.13. The number of carbonyl (C=O) groups is 1. The molecule has 0 bridgehead atoms. The van der Waals surface area contributed by atoms with E-state index in [4.69, 9.17) is 9.47 Å². The van der Waals surface area contributed by atoms with Gasteiger partial charge in [0.25, 0.3) is 0 Å². The van der Waals surface area contributed by atoms with Crippen LogP contribution in [0.5, 0.6) is 0 Å². The van der Waals surface area contributed by atoms with Gasteiger partial charge in [0.05, 0.1) is 13.2 Å². The van der Waals surface area contributed by atoms with Gasteiger partial charge >= 0.3 is 5.97 Å². The molecule has 0 saturated heterocycles. The van der Waals surface area contributed by atoms with Crippen LogP contribution in [0.1, 0.15) is 219 Å². The van der Waals surface area contributed by atoms with Crippen LogP contribution in [0.4, 0.5) is 0 Å². The molecule has 0 amide bonds. The maximum Gasteiger partial charge on any atom is 0.306 e. The molecule has 0 saturated carbocycles. The summed E-state index contributed by atoms with van der Waals surface area (Å²) in [6, 6.07) is 0. The van der Waals surface area contributed by atoms with Gasteiger partial charge in [-0.1, -0.05) is 200 Å². The maximum absolute atomic E-state index is 12.1. The summed E-state index contributed by atoms with van der Waals surface area (Å²) >= 11 is 0. The predicted octanol–water partition coefficient (Wildman–Crippen LogP) is 12.4. The molecule has 4 heteroatoms. The standard InChI is InChI=1S/C39H78O4/c1-3-5-7-9-11-13-15-17-18-19-20-21-23-25-27-29-31-33-35-42-37-38(36-40)43-39(41)34-32-30-28-26-24-22-16-14-12-10-8-6-4-2/h38,40H,3-37H2,1-2H3. The fourth-order valence-corrected chi connectivity index (χ4v) is 5.98. The van der Waals surface area contributed by atoms with E-state index in [1.807, 2.05) is 0 Å². The van der Waals surface area contributed by atoms with Crippen LogP contribution in [0.3, 0.4) is 0 Å². The normalized spacial score (nSPS) is 12.2. The van der Waals surface area contributed by atoms with Crippen molar-refractivity contribution < 1.29 is 19.4 Å². The molecular weight excluding hydrogens is 532 g/mol. The van der Waals surface area contributed by atoms with Crippen molar-refractivity contribution >= 4 is 5.97 Å². The van der Waals surface area contributed by atoms with E-state index in [-0.39, 0.29) is 12.6 Å². The summed E-state index contributed by atoms with van der Waals surface area (Å²) in [6.07, 6.45) is 41.5. The first-order valence-electron chi connectivity index (χ1n) is 19.6. The minimum absolute atomic E-state index is 0.163. The Morgan fingerprint density at radius 3 is 1.09 bits per heavy atom. The molecule has 0 radical (unpaired) electrons. The van der Waals surface area contributed by atoms with Gasteiger partial charge in [-0.25, -0.2) is 0 Å². The Kier molecular flexibility index (Phi) is 37.0. The maximum atomic E-state index is 12.1. The molecule has 1 N–H and O–H groups in total. The number of unbranched alkanes of at least 4 members (excludes halogenated alkanes) is 29. The second kappa shape index (κ2) is 37.6. The molecule has 0 spiro atoms. The van der Waals surface area contributed by atoms with E-state index in [0.29, 0.717) is 19.6 Å². The molecule has 0 aromatic heterocycles. The zero-order valence-electron chi connectivity index (χ0n) is 29.5. The van der Waals surface area contributed by atoms with E-state index in [2.05, 4.69) is 13.8 Å². The average molecular weight is 611 g/mol. The monoisotopic (exact) mass is 611 g/mol. The molecule has 0 aromatic rings. The third kappa shape index (κ3) is 35.7. The van der Waals surface area contributed by atoms with Gasteiger partial charge in [0, 0.05) is 13.0 Å². The topological polar surface area (TPSA) is 55.8 Å². The highest BCUT2D eigenvalue weighted by molar-refractivity contribution is 5.69. The molecule has 1 atom stereocenters. The number of ether oxygens (including phenoxy) is 2. The lowest BCUT2D eigenvalue weighted by Gasteiger charge is -2.16. The molecule has 43 heavy (non-hydrogen) atoms. The largest absolute Gasteiger partial charge is 0.457 e. The molecular formula is C39H78O4. The SMILES string of the molecule is CCCCCCCCCCCCCCCCCCCCOCC(CO)OC(=O)CCCCCCCCCCCCCCC. The van der Waals surface area contributed by atoms with Crippen LogP contribution in [-0.2, 0) is 14.3 Å². The Balaban J connectivity index is 3.36. The minimum Gasteiger partial charge on any atom is -0.457 e. The van der Waals surface area contributed by atoms with Crippen molar-refractivity contribution in [1.82, 2.24) is 0 Å². The lowest BCUT2D eigenvalue weighted by molar-refractivity contribution is -0.154. The summed E-state index contributed by atoms with van der Waals surface area (Å²) in [6.45, 7) is 5.39. The smallest absolute Gasteiger partial charge is 0.306 e. The van der Waals surface area contributed by atoms with E-state index in [0.717, 1.165) is 19.3 Å². The summed E-state index contributed by atoms with van der Waals surface area (Å²) in [5.41, 5.74) is 0. The van der Waals surface area contributed by atoms with Crippen LogP contribution in [0, 0.1) is 0 Å². The second-order valence-electron chi connectivity index (χ2n) is 13.4. The van der Waals surface area contributed by atoms with Crippen LogP contribution in [-0.4, -0.2) is 37.0 Å². The van der Waals surface area contributed by atoms with Crippen molar-refractivity contribution in [2.24, 2.45) is 0 Å². The number of rotatable bonds is 37. The fourth-order valence-electron chi connectivity index (χ4n) is 5.98. The van der Waals surface area contributed by atoms with Crippen LogP contribution in [0.25, 0.3) is 0 Å². The molecule has 0 aliphatic carbocycles. The Morgan fingerprint density at radius 1 is 0.465 bits per heavy atom. The number of aliphatic hydroxyl groups is 1. The van der Waals surface area contributed by atoms with Crippen LogP contribution in [0.15, 0.2) is 0 Å². The van der Waals surface area contributed by atoms with Crippen molar-refractivity contribution in [3.05, 3.63) is 0 Å².